The fourth-order valence-electron chi connectivity index (χ4n) is 1.86. The Labute approximate surface area is 119 Å². The summed E-state index contributed by atoms with van der Waals surface area (Å²) in [6.45, 7) is 4.62. The minimum absolute atomic E-state index is 0.0906. The third-order valence-electron chi connectivity index (χ3n) is 2.84. The average molecular weight is 272 g/mol. The molecule has 0 aliphatic carbocycles. The van der Waals surface area contributed by atoms with Gasteiger partial charge in [-0.25, -0.2) is 9.97 Å². The maximum absolute atomic E-state index is 5.96. The van der Waals surface area contributed by atoms with E-state index < -0.39 is 0 Å². The van der Waals surface area contributed by atoms with Crippen molar-refractivity contribution in [3.8, 4) is 5.88 Å². The van der Waals surface area contributed by atoms with E-state index in [0.717, 1.165) is 17.1 Å². The largest absolute Gasteiger partial charge is 0.475 e. The first-order valence-electron chi connectivity index (χ1n) is 6.59. The van der Waals surface area contributed by atoms with Gasteiger partial charge in [-0.15, -0.1) is 0 Å². The minimum Gasteiger partial charge on any atom is -0.475 e. The molecular weight excluding hydrogens is 252 g/mol. The second-order valence-corrected chi connectivity index (χ2v) is 4.94. The Kier molecular flexibility index (Phi) is 4.40. The normalized spacial score (nSPS) is 10.6. The van der Waals surface area contributed by atoms with Crippen LogP contribution in [0.2, 0.25) is 0 Å². The first-order valence-corrected chi connectivity index (χ1v) is 6.59. The van der Waals surface area contributed by atoms with Gasteiger partial charge in [0.1, 0.15) is 12.1 Å². The SMILES string of the molecule is CC(C)Oc1cc(N(C)Cc2ccccc2N)ncn1. The van der Waals surface area contributed by atoms with Gasteiger partial charge in [-0.2, -0.15) is 0 Å². The lowest BCUT2D eigenvalue weighted by molar-refractivity contribution is 0.232. The Bertz CT molecular complexity index is 571. The standard InChI is InChI=1S/C15H20N4O/c1-11(2)20-15-8-14(17-10-18-15)19(3)9-12-6-4-5-7-13(12)16/h4-8,10-11H,9,16H2,1-3H3. The lowest BCUT2D eigenvalue weighted by atomic mass is 10.2. The van der Waals surface area contributed by atoms with Gasteiger partial charge in [0.2, 0.25) is 5.88 Å². The Morgan fingerprint density at radius 2 is 2.00 bits per heavy atom. The fraction of sp³-hybridized carbons (Fsp3) is 0.333. The summed E-state index contributed by atoms with van der Waals surface area (Å²) in [5.41, 5.74) is 7.81. The molecule has 2 aromatic rings. The fourth-order valence-corrected chi connectivity index (χ4v) is 1.86. The molecule has 2 rings (SSSR count). The Hall–Kier alpha value is -2.30. The summed E-state index contributed by atoms with van der Waals surface area (Å²) in [6, 6.07) is 9.65. The molecule has 1 aromatic carbocycles. The number of rotatable bonds is 5. The van der Waals surface area contributed by atoms with Crippen LogP contribution in [0.1, 0.15) is 19.4 Å². The summed E-state index contributed by atoms with van der Waals surface area (Å²) in [7, 11) is 1.97. The lowest BCUT2D eigenvalue weighted by Gasteiger charge is -2.19. The van der Waals surface area contributed by atoms with E-state index in [1.165, 1.54) is 6.33 Å². The molecular formula is C15H20N4O. The van der Waals surface area contributed by atoms with Crippen molar-refractivity contribution in [2.24, 2.45) is 0 Å². The molecule has 20 heavy (non-hydrogen) atoms. The van der Waals surface area contributed by atoms with Crippen LogP contribution in [0.4, 0.5) is 11.5 Å². The number of hydrogen-bond donors (Lipinski definition) is 1. The number of ether oxygens (including phenoxy) is 1. The molecule has 0 radical (unpaired) electrons. The van der Waals surface area contributed by atoms with E-state index >= 15 is 0 Å². The highest BCUT2D eigenvalue weighted by atomic mass is 16.5. The maximum atomic E-state index is 5.96. The van der Waals surface area contributed by atoms with Gasteiger partial charge in [-0.3, -0.25) is 0 Å². The van der Waals surface area contributed by atoms with Gasteiger partial charge in [0.15, 0.2) is 0 Å². The van der Waals surface area contributed by atoms with Gasteiger partial charge >= 0.3 is 0 Å². The zero-order valence-corrected chi connectivity index (χ0v) is 12.1. The molecule has 5 nitrogen and oxygen atoms in total. The smallest absolute Gasteiger partial charge is 0.218 e. The summed E-state index contributed by atoms with van der Waals surface area (Å²) >= 11 is 0. The maximum Gasteiger partial charge on any atom is 0.218 e. The number of aromatic nitrogens is 2. The highest BCUT2D eigenvalue weighted by molar-refractivity contribution is 5.49. The van der Waals surface area contributed by atoms with E-state index in [1.807, 2.05) is 56.1 Å². The van der Waals surface area contributed by atoms with Crippen molar-refractivity contribution in [2.75, 3.05) is 17.7 Å². The van der Waals surface area contributed by atoms with Crippen LogP contribution < -0.4 is 15.4 Å². The molecule has 106 valence electrons. The van der Waals surface area contributed by atoms with Crippen molar-refractivity contribution in [3.05, 3.63) is 42.2 Å². The second kappa shape index (κ2) is 6.23. The van der Waals surface area contributed by atoms with Gasteiger partial charge < -0.3 is 15.4 Å². The Morgan fingerprint density at radius 3 is 2.70 bits per heavy atom. The highest BCUT2D eigenvalue weighted by Crippen LogP contribution is 2.19. The lowest BCUT2D eigenvalue weighted by Crippen LogP contribution is -2.19. The molecule has 0 bridgehead atoms. The van der Waals surface area contributed by atoms with Crippen LogP contribution >= 0.6 is 0 Å². The van der Waals surface area contributed by atoms with E-state index in [-0.39, 0.29) is 6.10 Å². The zero-order chi connectivity index (χ0) is 14.5. The number of nitrogens with two attached hydrogens (primary N) is 1. The molecule has 2 N–H and O–H groups in total. The number of benzene rings is 1. The van der Waals surface area contributed by atoms with E-state index in [2.05, 4.69) is 9.97 Å². The van der Waals surface area contributed by atoms with Crippen molar-refractivity contribution >= 4 is 11.5 Å². The molecule has 0 fully saturated rings. The van der Waals surface area contributed by atoms with Crippen LogP contribution in [0.5, 0.6) is 5.88 Å². The van der Waals surface area contributed by atoms with Crippen LogP contribution in [0.15, 0.2) is 36.7 Å². The average Bonchev–Trinajstić information content (AvgIpc) is 2.41. The summed E-state index contributed by atoms with van der Waals surface area (Å²) in [6.07, 6.45) is 1.60. The molecule has 5 heteroatoms. The topological polar surface area (TPSA) is 64.3 Å². The van der Waals surface area contributed by atoms with Crippen molar-refractivity contribution in [2.45, 2.75) is 26.5 Å². The number of para-hydroxylation sites is 1. The van der Waals surface area contributed by atoms with E-state index in [1.54, 1.807) is 0 Å². The molecule has 1 heterocycles. The van der Waals surface area contributed by atoms with Gasteiger partial charge in [0.25, 0.3) is 0 Å². The van der Waals surface area contributed by atoms with Crippen LogP contribution in [0.3, 0.4) is 0 Å². The van der Waals surface area contributed by atoms with E-state index in [9.17, 15) is 0 Å². The molecule has 0 saturated carbocycles. The first-order chi connectivity index (χ1) is 9.56. The molecule has 1 aromatic heterocycles. The third-order valence-corrected chi connectivity index (χ3v) is 2.84. The third kappa shape index (κ3) is 3.60. The molecule has 0 saturated heterocycles. The van der Waals surface area contributed by atoms with Gasteiger partial charge in [0.05, 0.1) is 6.10 Å². The molecule has 0 atom stereocenters. The van der Waals surface area contributed by atoms with Crippen LogP contribution in [0.25, 0.3) is 0 Å². The predicted molar refractivity (Wildman–Crippen MR) is 80.8 cm³/mol. The Morgan fingerprint density at radius 1 is 1.25 bits per heavy atom. The van der Waals surface area contributed by atoms with Crippen LogP contribution in [0, 0.1) is 0 Å². The summed E-state index contributed by atoms with van der Waals surface area (Å²) in [5, 5.41) is 0. The minimum atomic E-state index is 0.0906. The van der Waals surface area contributed by atoms with Crippen molar-refractivity contribution < 1.29 is 4.74 Å². The van der Waals surface area contributed by atoms with Crippen molar-refractivity contribution in [3.63, 3.8) is 0 Å². The first kappa shape index (κ1) is 14.1. The van der Waals surface area contributed by atoms with E-state index in [4.69, 9.17) is 10.5 Å². The number of hydrogen-bond acceptors (Lipinski definition) is 5. The van der Waals surface area contributed by atoms with Gasteiger partial charge in [0, 0.05) is 25.3 Å². The van der Waals surface area contributed by atoms with Crippen LogP contribution in [-0.4, -0.2) is 23.1 Å². The van der Waals surface area contributed by atoms with Crippen LogP contribution in [-0.2, 0) is 6.54 Å². The number of anilines is 2. The summed E-state index contributed by atoms with van der Waals surface area (Å²) in [5.74, 6) is 1.39. The van der Waals surface area contributed by atoms with Crippen molar-refractivity contribution in [1.82, 2.24) is 9.97 Å². The summed E-state index contributed by atoms with van der Waals surface area (Å²) < 4.78 is 5.58. The molecule has 0 aliphatic heterocycles. The molecule has 0 amide bonds. The van der Waals surface area contributed by atoms with Gasteiger partial charge in [-0.1, -0.05) is 18.2 Å². The molecule has 0 unspecified atom stereocenters. The second-order valence-electron chi connectivity index (χ2n) is 4.94. The Balaban J connectivity index is 2.13. The predicted octanol–water partition coefficient (Wildman–Crippen LogP) is 2.48. The highest BCUT2D eigenvalue weighted by Gasteiger charge is 2.08. The molecule has 0 aliphatic rings. The van der Waals surface area contributed by atoms with Crippen molar-refractivity contribution in [1.29, 1.82) is 0 Å². The zero-order valence-electron chi connectivity index (χ0n) is 12.1. The number of nitrogen functional groups attached to an aromatic ring is 1. The quantitative estimate of drug-likeness (QED) is 0.847. The van der Waals surface area contributed by atoms with Gasteiger partial charge in [-0.05, 0) is 25.5 Å². The molecule has 0 spiro atoms. The monoisotopic (exact) mass is 272 g/mol. The summed E-state index contributed by atoms with van der Waals surface area (Å²) in [4.78, 5) is 10.4. The number of nitrogens with zero attached hydrogens (tertiary/aromatic N) is 3. The van der Waals surface area contributed by atoms with E-state index in [0.29, 0.717) is 12.4 Å².